The van der Waals surface area contributed by atoms with Gasteiger partial charge in [-0.3, -0.25) is 14.6 Å². The van der Waals surface area contributed by atoms with E-state index in [1.165, 1.54) is 0 Å². The van der Waals surface area contributed by atoms with Crippen molar-refractivity contribution in [1.29, 1.82) is 0 Å². The average molecular weight is 276 g/mol. The number of likely N-dealkylation sites (tertiary alicyclic amines) is 1. The number of nitrogens with zero attached hydrogens (tertiary/aromatic N) is 2. The van der Waals surface area contributed by atoms with Crippen LogP contribution < -0.4 is 0 Å². The molecular weight excluding hydrogens is 256 g/mol. The number of hydrogen-bond donors (Lipinski definition) is 1. The van der Waals surface area contributed by atoms with Crippen molar-refractivity contribution in [3.63, 3.8) is 0 Å². The van der Waals surface area contributed by atoms with Crippen LogP contribution in [0.4, 0.5) is 0 Å². The van der Waals surface area contributed by atoms with Crippen molar-refractivity contribution in [3.05, 3.63) is 30.1 Å². The van der Waals surface area contributed by atoms with E-state index in [-0.39, 0.29) is 18.2 Å². The molecule has 1 saturated heterocycles. The van der Waals surface area contributed by atoms with Gasteiger partial charge in [-0.05, 0) is 42.9 Å². The quantitative estimate of drug-likeness (QED) is 0.889. The van der Waals surface area contributed by atoms with E-state index in [4.69, 9.17) is 5.11 Å². The van der Waals surface area contributed by atoms with Crippen molar-refractivity contribution in [2.24, 2.45) is 5.92 Å². The summed E-state index contributed by atoms with van der Waals surface area (Å²) in [5.41, 5.74) is 1.12. The van der Waals surface area contributed by atoms with Crippen molar-refractivity contribution in [1.82, 2.24) is 9.88 Å². The van der Waals surface area contributed by atoms with Gasteiger partial charge in [0.15, 0.2) is 0 Å². The second-order valence-corrected chi connectivity index (χ2v) is 5.28. The molecule has 1 aromatic rings. The Labute approximate surface area is 118 Å². The van der Waals surface area contributed by atoms with Gasteiger partial charge in [-0.2, -0.15) is 0 Å². The van der Waals surface area contributed by atoms with E-state index in [1.807, 2.05) is 17.0 Å². The molecule has 2 rings (SSSR count). The fraction of sp³-hybridized carbons (Fsp3) is 0.533. The summed E-state index contributed by atoms with van der Waals surface area (Å²) in [6.45, 7) is 1.38. The molecule has 0 bridgehead atoms. The zero-order chi connectivity index (χ0) is 14.4. The molecule has 108 valence electrons. The number of rotatable bonds is 5. The van der Waals surface area contributed by atoms with Gasteiger partial charge in [0.1, 0.15) is 0 Å². The zero-order valence-corrected chi connectivity index (χ0v) is 11.5. The minimum atomic E-state index is -0.743. The van der Waals surface area contributed by atoms with Crippen LogP contribution in [0.5, 0.6) is 0 Å². The maximum atomic E-state index is 12.1. The second kappa shape index (κ2) is 7.03. The number of carbonyl (C=O) groups excluding carboxylic acids is 1. The highest BCUT2D eigenvalue weighted by molar-refractivity contribution is 5.76. The number of aliphatic carboxylic acids is 1. The normalized spacial score (nSPS) is 16.1. The van der Waals surface area contributed by atoms with Gasteiger partial charge >= 0.3 is 5.97 Å². The van der Waals surface area contributed by atoms with Crippen LogP contribution in [0, 0.1) is 5.92 Å². The van der Waals surface area contributed by atoms with Crippen molar-refractivity contribution < 1.29 is 14.7 Å². The summed E-state index contributed by atoms with van der Waals surface area (Å²) in [6.07, 6.45) is 6.53. The highest BCUT2D eigenvalue weighted by Crippen LogP contribution is 2.21. The summed E-state index contributed by atoms with van der Waals surface area (Å²) in [5, 5.41) is 8.77. The van der Waals surface area contributed by atoms with E-state index in [0.717, 1.165) is 24.8 Å². The fourth-order valence-electron chi connectivity index (χ4n) is 2.59. The molecule has 5 nitrogen and oxygen atoms in total. The average Bonchev–Trinajstić information content (AvgIpc) is 2.46. The molecule has 1 N–H and O–H groups in total. The first-order valence-corrected chi connectivity index (χ1v) is 7.03. The largest absolute Gasteiger partial charge is 0.481 e. The van der Waals surface area contributed by atoms with Crippen LogP contribution in [0.1, 0.15) is 31.2 Å². The van der Waals surface area contributed by atoms with Gasteiger partial charge < -0.3 is 10.0 Å². The molecular formula is C15H20N2O3. The summed E-state index contributed by atoms with van der Waals surface area (Å²) in [4.78, 5) is 28.6. The van der Waals surface area contributed by atoms with Gasteiger partial charge in [0.05, 0.1) is 0 Å². The SMILES string of the molecule is O=C(O)CC1CCN(C(=O)CCc2ccncc2)CC1. The molecule has 1 amide bonds. The van der Waals surface area contributed by atoms with Gasteiger partial charge in [0.2, 0.25) is 5.91 Å². The Balaban J connectivity index is 1.73. The molecule has 1 aliphatic rings. The standard InChI is InChI=1S/C15H20N2O3/c18-14(2-1-12-3-7-16-8-4-12)17-9-5-13(6-10-17)11-15(19)20/h3-4,7-8,13H,1-2,5-6,9-11H2,(H,19,20). The van der Waals surface area contributed by atoms with E-state index in [0.29, 0.717) is 19.5 Å². The molecule has 0 atom stereocenters. The summed E-state index contributed by atoms with van der Waals surface area (Å²) in [6, 6.07) is 3.85. The van der Waals surface area contributed by atoms with E-state index in [9.17, 15) is 9.59 Å². The molecule has 0 saturated carbocycles. The first-order chi connectivity index (χ1) is 9.65. The van der Waals surface area contributed by atoms with Crippen LogP contribution in [0.2, 0.25) is 0 Å². The third-order valence-corrected chi connectivity index (χ3v) is 3.81. The van der Waals surface area contributed by atoms with Crippen LogP contribution in [0.25, 0.3) is 0 Å². The molecule has 5 heteroatoms. The summed E-state index contributed by atoms with van der Waals surface area (Å²) in [7, 11) is 0. The highest BCUT2D eigenvalue weighted by atomic mass is 16.4. The first-order valence-electron chi connectivity index (χ1n) is 7.03. The second-order valence-electron chi connectivity index (χ2n) is 5.28. The summed E-state index contributed by atoms with van der Waals surface area (Å²) < 4.78 is 0. The Morgan fingerprint density at radius 2 is 1.90 bits per heavy atom. The van der Waals surface area contributed by atoms with Gasteiger partial charge in [-0.15, -0.1) is 0 Å². The number of piperidine rings is 1. The molecule has 0 spiro atoms. The molecule has 0 unspecified atom stereocenters. The van der Waals surface area contributed by atoms with Gasteiger partial charge in [0.25, 0.3) is 0 Å². The minimum Gasteiger partial charge on any atom is -0.481 e. The predicted molar refractivity (Wildman–Crippen MR) is 74.1 cm³/mol. The number of pyridine rings is 1. The van der Waals surface area contributed by atoms with Crippen LogP contribution in [0.15, 0.2) is 24.5 Å². The van der Waals surface area contributed by atoms with Gasteiger partial charge in [-0.1, -0.05) is 0 Å². The van der Waals surface area contributed by atoms with Crippen molar-refractivity contribution in [2.75, 3.05) is 13.1 Å². The Bertz CT molecular complexity index is 453. The molecule has 1 aromatic heterocycles. The van der Waals surface area contributed by atoms with Crippen molar-refractivity contribution in [3.8, 4) is 0 Å². The van der Waals surface area contributed by atoms with Crippen LogP contribution in [0.3, 0.4) is 0 Å². The fourth-order valence-corrected chi connectivity index (χ4v) is 2.59. The van der Waals surface area contributed by atoms with E-state index >= 15 is 0 Å². The van der Waals surface area contributed by atoms with Gasteiger partial charge in [0, 0.05) is 38.3 Å². The summed E-state index contributed by atoms with van der Waals surface area (Å²) in [5.74, 6) is -0.361. The van der Waals surface area contributed by atoms with Crippen molar-refractivity contribution in [2.45, 2.75) is 32.1 Å². The third-order valence-electron chi connectivity index (χ3n) is 3.81. The topological polar surface area (TPSA) is 70.5 Å². The Morgan fingerprint density at radius 3 is 2.50 bits per heavy atom. The third kappa shape index (κ3) is 4.33. The smallest absolute Gasteiger partial charge is 0.303 e. The predicted octanol–water partition coefficient (Wildman–Crippen LogP) is 1.73. The number of carboxylic acids is 1. The van der Waals surface area contributed by atoms with Crippen LogP contribution >= 0.6 is 0 Å². The zero-order valence-electron chi connectivity index (χ0n) is 11.5. The van der Waals surface area contributed by atoms with Crippen molar-refractivity contribution >= 4 is 11.9 Å². The maximum Gasteiger partial charge on any atom is 0.303 e. The first kappa shape index (κ1) is 14.5. The van der Waals surface area contributed by atoms with Crippen LogP contribution in [-0.2, 0) is 16.0 Å². The van der Waals surface area contributed by atoms with Gasteiger partial charge in [-0.25, -0.2) is 0 Å². The molecule has 0 aliphatic carbocycles. The number of carboxylic acid groups (broad SMARTS) is 1. The maximum absolute atomic E-state index is 12.1. The Morgan fingerprint density at radius 1 is 1.25 bits per heavy atom. The Hall–Kier alpha value is -1.91. The summed E-state index contributed by atoms with van der Waals surface area (Å²) >= 11 is 0. The minimum absolute atomic E-state index is 0.163. The highest BCUT2D eigenvalue weighted by Gasteiger charge is 2.23. The van der Waals surface area contributed by atoms with E-state index < -0.39 is 5.97 Å². The molecule has 1 aliphatic heterocycles. The monoisotopic (exact) mass is 276 g/mol. The number of hydrogen-bond acceptors (Lipinski definition) is 3. The van der Waals surface area contributed by atoms with E-state index in [2.05, 4.69) is 4.98 Å². The molecule has 1 fully saturated rings. The molecule has 0 aromatic carbocycles. The van der Waals surface area contributed by atoms with Crippen LogP contribution in [-0.4, -0.2) is 40.0 Å². The molecule has 2 heterocycles. The lowest BCUT2D eigenvalue weighted by atomic mass is 9.93. The lowest BCUT2D eigenvalue weighted by molar-refractivity contribution is -0.138. The number of amides is 1. The Kier molecular flexibility index (Phi) is 5.09. The number of aryl methyl sites for hydroxylation is 1. The molecule has 20 heavy (non-hydrogen) atoms. The lowest BCUT2D eigenvalue weighted by Crippen LogP contribution is -2.39. The number of aromatic nitrogens is 1. The lowest BCUT2D eigenvalue weighted by Gasteiger charge is -2.31. The number of carbonyl (C=O) groups is 2. The van der Waals surface area contributed by atoms with E-state index in [1.54, 1.807) is 12.4 Å². The molecule has 0 radical (unpaired) electrons.